The van der Waals surface area contributed by atoms with Gasteiger partial charge in [-0.3, -0.25) is 10.4 Å². The normalized spacial score (nSPS) is 11.0. The van der Waals surface area contributed by atoms with Crippen molar-refractivity contribution >= 4 is 22.9 Å². The zero-order chi connectivity index (χ0) is 15.4. The van der Waals surface area contributed by atoms with Crippen molar-refractivity contribution in [3.05, 3.63) is 58.8 Å². The van der Waals surface area contributed by atoms with Gasteiger partial charge < -0.3 is 4.74 Å². The first-order valence-corrected chi connectivity index (χ1v) is 6.54. The van der Waals surface area contributed by atoms with Gasteiger partial charge in [-0.25, -0.2) is 14.8 Å². The maximum atomic E-state index is 11.0. The topological polar surface area (TPSA) is 92.3 Å². The lowest BCUT2D eigenvalue weighted by Gasteiger charge is -2.02. The van der Waals surface area contributed by atoms with Crippen LogP contribution in [0.5, 0.6) is 5.75 Å². The van der Waals surface area contributed by atoms with E-state index in [1.807, 2.05) is 30.3 Å². The molecule has 22 heavy (non-hydrogen) atoms. The lowest BCUT2D eigenvalue weighted by molar-refractivity contribution is 0.415. The van der Waals surface area contributed by atoms with Crippen LogP contribution >= 0.6 is 0 Å². The zero-order valence-corrected chi connectivity index (χ0v) is 11.8. The predicted molar refractivity (Wildman–Crippen MR) is 84.4 cm³/mol. The second-order valence-electron chi connectivity index (χ2n) is 4.45. The summed E-state index contributed by atoms with van der Waals surface area (Å²) in [6.45, 7) is 0. The minimum Gasteiger partial charge on any atom is -0.497 e. The third-order valence-corrected chi connectivity index (χ3v) is 2.97. The minimum absolute atomic E-state index is 0.432. The lowest BCUT2D eigenvalue weighted by Crippen LogP contribution is -2.10. The third kappa shape index (κ3) is 3.09. The molecule has 0 saturated carbocycles. The van der Waals surface area contributed by atoms with Crippen LogP contribution in [0.2, 0.25) is 0 Å². The monoisotopic (exact) mass is 295 g/mol. The van der Waals surface area contributed by atoms with Gasteiger partial charge in [0.05, 0.1) is 24.5 Å². The first-order valence-electron chi connectivity index (χ1n) is 6.54. The van der Waals surface area contributed by atoms with Gasteiger partial charge in [0, 0.05) is 11.6 Å². The first kappa shape index (κ1) is 13.7. The molecule has 2 aromatic heterocycles. The number of aromatic amines is 1. The lowest BCUT2D eigenvalue weighted by atomic mass is 10.2. The van der Waals surface area contributed by atoms with Crippen molar-refractivity contribution < 1.29 is 4.74 Å². The van der Waals surface area contributed by atoms with Gasteiger partial charge in [-0.15, -0.1) is 0 Å². The highest BCUT2D eigenvalue weighted by atomic mass is 16.5. The number of nitrogens with one attached hydrogen (secondary N) is 2. The third-order valence-electron chi connectivity index (χ3n) is 2.97. The Balaban J connectivity index is 1.78. The molecule has 1 aromatic carbocycles. The standard InChI is InChI=1S/C15H13N5O2/c1-22-12-4-5-13-10(8-12)2-3-11(18-13)9-17-20-14-6-7-16-15(21)19-14/h2-9H,1H3,(H2,16,19,20,21)/b17-9+. The van der Waals surface area contributed by atoms with Gasteiger partial charge in [-0.1, -0.05) is 6.07 Å². The highest BCUT2D eigenvalue weighted by Gasteiger charge is 1.99. The molecule has 0 amide bonds. The molecule has 3 aromatic rings. The summed E-state index contributed by atoms with van der Waals surface area (Å²) < 4.78 is 5.18. The quantitative estimate of drug-likeness (QED) is 0.565. The van der Waals surface area contributed by atoms with Crippen LogP contribution in [-0.2, 0) is 0 Å². The fourth-order valence-electron chi connectivity index (χ4n) is 1.92. The molecule has 0 aliphatic rings. The number of hydrogen-bond donors (Lipinski definition) is 2. The smallest absolute Gasteiger partial charge is 0.346 e. The molecule has 7 nitrogen and oxygen atoms in total. The molecule has 7 heteroatoms. The Kier molecular flexibility index (Phi) is 3.78. The number of fused-ring (bicyclic) bond motifs is 1. The molecule has 0 atom stereocenters. The summed E-state index contributed by atoms with van der Waals surface area (Å²) in [5.41, 5.74) is 3.83. The van der Waals surface area contributed by atoms with Crippen molar-refractivity contribution in [2.24, 2.45) is 5.10 Å². The summed E-state index contributed by atoms with van der Waals surface area (Å²) in [5, 5.41) is 5.02. The van der Waals surface area contributed by atoms with Gasteiger partial charge in [0.25, 0.3) is 0 Å². The maximum Gasteiger partial charge on any atom is 0.346 e. The summed E-state index contributed by atoms with van der Waals surface area (Å²) in [4.78, 5) is 21.6. The van der Waals surface area contributed by atoms with Crippen LogP contribution in [0.4, 0.5) is 5.82 Å². The predicted octanol–water partition coefficient (Wildman–Crippen LogP) is 1.77. The molecular formula is C15H13N5O2. The van der Waals surface area contributed by atoms with Crippen molar-refractivity contribution in [1.82, 2.24) is 15.0 Å². The van der Waals surface area contributed by atoms with Gasteiger partial charge in [0.1, 0.15) is 11.6 Å². The van der Waals surface area contributed by atoms with Crippen LogP contribution < -0.4 is 15.9 Å². The molecule has 3 rings (SSSR count). The number of aromatic nitrogens is 3. The summed E-state index contributed by atoms with van der Waals surface area (Å²) in [6.07, 6.45) is 2.97. The van der Waals surface area contributed by atoms with Gasteiger partial charge in [0.15, 0.2) is 0 Å². The molecule has 0 unspecified atom stereocenters. The molecular weight excluding hydrogens is 282 g/mol. The summed E-state index contributed by atoms with van der Waals surface area (Å²) in [5.74, 6) is 1.25. The van der Waals surface area contributed by atoms with E-state index < -0.39 is 5.69 Å². The molecule has 0 aliphatic carbocycles. The molecule has 0 aliphatic heterocycles. The molecule has 0 fully saturated rings. The van der Waals surface area contributed by atoms with Gasteiger partial charge in [-0.05, 0) is 30.3 Å². The second-order valence-corrected chi connectivity index (χ2v) is 4.45. The first-order chi connectivity index (χ1) is 10.7. The summed E-state index contributed by atoms with van der Waals surface area (Å²) in [7, 11) is 1.63. The number of anilines is 1. The van der Waals surface area contributed by atoms with Crippen molar-refractivity contribution in [2.75, 3.05) is 12.5 Å². The molecule has 110 valence electrons. The fourth-order valence-corrected chi connectivity index (χ4v) is 1.92. The van der Waals surface area contributed by atoms with E-state index in [2.05, 4.69) is 25.5 Å². The largest absolute Gasteiger partial charge is 0.497 e. The maximum absolute atomic E-state index is 11.0. The summed E-state index contributed by atoms with van der Waals surface area (Å²) in [6, 6.07) is 11.1. The van der Waals surface area contributed by atoms with Crippen LogP contribution in [0.1, 0.15) is 5.69 Å². The van der Waals surface area contributed by atoms with Crippen LogP contribution in [-0.4, -0.2) is 28.3 Å². The van der Waals surface area contributed by atoms with Crippen molar-refractivity contribution in [3.63, 3.8) is 0 Å². The van der Waals surface area contributed by atoms with E-state index in [1.54, 1.807) is 19.4 Å². The number of hydrogen-bond acceptors (Lipinski definition) is 6. The number of benzene rings is 1. The van der Waals surface area contributed by atoms with Crippen LogP contribution in [0.25, 0.3) is 10.9 Å². The van der Waals surface area contributed by atoms with Gasteiger partial charge in [-0.2, -0.15) is 5.10 Å². The van der Waals surface area contributed by atoms with Crippen molar-refractivity contribution in [1.29, 1.82) is 0 Å². The van der Waals surface area contributed by atoms with E-state index in [0.717, 1.165) is 16.7 Å². The Morgan fingerprint density at radius 3 is 3.00 bits per heavy atom. The molecule has 0 saturated heterocycles. The van der Waals surface area contributed by atoms with Crippen LogP contribution in [0.15, 0.2) is 52.5 Å². The van der Waals surface area contributed by atoms with E-state index in [0.29, 0.717) is 11.5 Å². The van der Waals surface area contributed by atoms with E-state index in [1.165, 1.54) is 6.20 Å². The van der Waals surface area contributed by atoms with E-state index >= 15 is 0 Å². The van der Waals surface area contributed by atoms with E-state index in [-0.39, 0.29) is 0 Å². The average Bonchev–Trinajstić information content (AvgIpc) is 2.54. The number of methoxy groups -OCH3 is 1. The number of rotatable bonds is 4. The molecule has 0 spiro atoms. The summed E-state index contributed by atoms with van der Waals surface area (Å²) >= 11 is 0. The second kappa shape index (κ2) is 6.04. The Hall–Kier alpha value is -3.22. The van der Waals surface area contributed by atoms with Gasteiger partial charge in [0.2, 0.25) is 0 Å². The number of pyridine rings is 1. The SMILES string of the molecule is COc1ccc2nc(/C=N/Nc3ccnc(=O)[nH]3)ccc2c1. The number of nitrogens with zero attached hydrogens (tertiary/aromatic N) is 3. The number of H-pyrrole nitrogens is 1. The van der Waals surface area contributed by atoms with E-state index in [4.69, 9.17) is 4.74 Å². The van der Waals surface area contributed by atoms with Crippen LogP contribution in [0.3, 0.4) is 0 Å². The molecule has 0 bridgehead atoms. The Labute approximate surface area is 125 Å². The Bertz CT molecular complexity index is 888. The number of hydrazone groups is 1. The molecule has 2 N–H and O–H groups in total. The average molecular weight is 295 g/mol. The molecule has 2 heterocycles. The fraction of sp³-hybridized carbons (Fsp3) is 0.0667. The Morgan fingerprint density at radius 2 is 2.18 bits per heavy atom. The highest BCUT2D eigenvalue weighted by molar-refractivity contribution is 5.86. The highest BCUT2D eigenvalue weighted by Crippen LogP contribution is 2.19. The molecule has 0 radical (unpaired) electrons. The van der Waals surface area contributed by atoms with Gasteiger partial charge >= 0.3 is 5.69 Å². The minimum atomic E-state index is -0.432. The van der Waals surface area contributed by atoms with Crippen molar-refractivity contribution in [3.8, 4) is 5.75 Å². The van der Waals surface area contributed by atoms with Crippen LogP contribution in [0, 0.1) is 0 Å². The van der Waals surface area contributed by atoms with E-state index in [9.17, 15) is 4.79 Å². The zero-order valence-electron chi connectivity index (χ0n) is 11.8. The van der Waals surface area contributed by atoms with Crippen molar-refractivity contribution in [2.45, 2.75) is 0 Å². The number of ether oxygens (including phenoxy) is 1. The Morgan fingerprint density at radius 1 is 1.27 bits per heavy atom.